The molecular weight excluding hydrogens is 244 g/mol. The Labute approximate surface area is 94.5 Å². The highest BCUT2D eigenvalue weighted by atomic mass is 79.9. The number of rotatable bonds is 6. The molecule has 0 aliphatic heterocycles. The van der Waals surface area contributed by atoms with Crippen LogP contribution in [0.3, 0.4) is 0 Å². The van der Waals surface area contributed by atoms with E-state index in [1.165, 1.54) is 6.42 Å². The number of halogens is 1. The van der Waals surface area contributed by atoms with E-state index < -0.39 is 0 Å². The molecule has 0 aromatic heterocycles. The van der Waals surface area contributed by atoms with E-state index in [4.69, 9.17) is 4.74 Å². The molecule has 0 amide bonds. The molecule has 0 radical (unpaired) electrons. The third-order valence-corrected chi connectivity index (χ3v) is 3.62. The SMILES string of the molecule is CCOC(=O)C1(CCCCBr)CCC1. The molecule has 0 heterocycles. The average molecular weight is 263 g/mol. The molecule has 0 N–H and O–H groups in total. The lowest BCUT2D eigenvalue weighted by Gasteiger charge is -2.39. The normalized spacial score (nSPS) is 18.7. The molecule has 82 valence electrons. The summed E-state index contributed by atoms with van der Waals surface area (Å²) in [6.07, 6.45) is 6.55. The first-order chi connectivity index (χ1) is 6.75. The van der Waals surface area contributed by atoms with Crippen molar-refractivity contribution in [1.29, 1.82) is 0 Å². The fourth-order valence-corrected chi connectivity index (χ4v) is 2.40. The molecule has 1 aliphatic carbocycles. The predicted octanol–water partition coefficient (Wildman–Crippen LogP) is 3.29. The number of carbonyl (C=O) groups is 1. The minimum atomic E-state index is -0.0990. The van der Waals surface area contributed by atoms with Gasteiger partial charge in [0.2, 0.25) is 0 Å². The van der Waals surface area contributed by atoms with Crippen LogP contribution in [0, 0.1) is 5.41 Å². The summed E-state index contributed by atoms with van der Waals surface area (Å²) in [7, 11) is 0. The third-order valence-electron chi connectivity index (χ3n) is 3.06. The van der Waals surface area contributed by atoms with Gasteiger partial charge in [-0.15, -0.1) is 0 Å². The lowest BCUT2D eigenvalue weighted by atomic mass is 9.66. The summed E-state index contributed by atoms with van der Waals surface area (Å²) in [5.74, 6) is 0.0424. The number of esters is 1. The Hall–Kier alpha value is -0.0500. The molecule has 0 spiro atoms. The van der Waals surface area contributed by atoms with Crippen molar-refractivity contribution >= 4 is 21.9 Å². The van der Waals surface area contributed by atoms with Crippen LogP contribution in [0.2, 0.25) is 0 Å². The number of unbranched alkanes of at least 4 members (excludes halogenated alkanes) is 1. The van der Waals surface area contributed by atoms with Crippen molar-refractivity contribution in [3.8, 4) is 0 Å². The quantitative estimate of drug-likeness (QED) is 0.417. The summed E-state index contributed by atoms with van der Waals surface area (Å²) in [4.78, 5) is 11.7. The highest BCUT2D eigenvalue weighted by Gasteiger charge is 2.44. The standard InChI is InChI=1S/C11H19BrO2/c1-2-14-10(13)11(7-5-8-11)6-3-4-9-12/h2-9H2,1H3. The lowest BCUT2D eigenvalue weighted by molar-refractivity contribution is -0.161. The zero-order valence-corrected chi connectivity index (χ0v) is 10.4. The maximum Gasteiger partial charge on any atom is 0.312 e. The van der Waals surface area contributed by atoms with Gasteiger partial charge in [0.25, 0.3) is 0 Å². The van der Waals surface area contributed by atoms with Gasteiger partial charge in [-0.05, 0) is 32.6 Å². The Morgan fingerprint density at radius 3 is 2.57 bits per heavy atom. The molecule has 1 rings (SSSR count). The van der Waals surface area contributed by atoms with Crippen molar-refractivity contribution in [3.05, 3.63) is 0 Å². The van der Waals surface area contributed by atoms with Crippen LogP contribution >= 0.6 is 15.9 Å². The third kappa shape index (κ3) is 2.72. The molecule has 1 fully saturated rings. The van der Waals surface area contributed by atoms with Gasteiger partial charge < -0.3 is 4.74 Å². The van der Waals surface area contributed by atoms with Crippen molar-refractivity contribution in [3.63, 3.8) is 0 Å². The van der Waals surface area contributed by atoms with E-state index in [1.54, 1.807) is 0 Å². The molecule has 0 aromatic carbocycles. The Balaban J connectivity index is 2.36. The summed E-state index contributed by atoms with van der Waals surface area (Å²) in [5, 5.41) is 1.03. The molecule has 1 saturated carbocycles. The van der Waals surface area contributed by atoms with Gasteiger partial charge in [0.1, 0.15) is 0 Å². The van der Waals surface area contributed by atoms with Crippen molar-refractivity contribution in [2.75, 3.05) is 11.9 Å². The van der Waals surface area contributed by atoms with Crippen LogP contribution < -0.4 is 0 Å². The predicted molar refractivity (Wildman–Crippen MR) is 60.6 cm³/mol. The first-order valence-corrected chi connectivity index (χ1v) is 6.60. The van der Waals surface area contributed by atoms with E-state index in [0.29, 0.717) is 6.61 Å². The second-order valence-corrected chi connectivity index (χ2v) is 4.79. The summed E-state index contributed by atoms with van der Waals surface area (Å²) in [6, 6.07) is 0. The lowest BCUT2D eigenvalue weighted by Crippen LogP contribution is -2.39. The van der Waals surface area contributed by atoms with Crippen molar-refractivity contribution < 1.29 is 9.53 Å². The molecule has 0 saturated heterocycles. The van der Waals surface area contributed by atoms with Gasteiger partial charge in [-0.25, -0.2) is 0 Å². The zero-order chi connectivity index (χ0) is 10.4. The van der Waals surface area contributed by atoms with Crippen LogP contribution in [0.5, 0.6) is 0 Å². The molecule has 1 aliphatic rings. The van der Waals surface area contributed by atoms with Crippen LogP contribution in [0.15, 0.2) is 0 Å². The highest BCUT2D eigenvalue weighted by Crippen LogP contribution is 2.46. The van der Waals surface area contributed by atoms with Gasteiger partial charge >= 0.3 is 5.97 Å². The van der Waals surface area contributed by atoms with Gasteiger partial charge in [-0.1, -0.05) is 28.8 Å². The zero-order valence-electron chi connectivity index (χ0n) is 8.85. The summed E-state index contributed by atoms with van der Waals surface area (Å²) in [6.45, 7) is 2.39. The molecule has 0 bridgehead atoms. The second kappa shape index (κ2) is 5.74. The van der Waals surface area contributed by atoms with Crippen molar-refractivity contribution in [2.45, 2.75) is 45.4 Å². The molecule has 0 aromatic rings. The van der Waals surface area contributed by atoms with Crippen LogP contribution in [-0.4, -0.2) is 17.9 Å². The van der Waals surface area contributed by atoms with E-state index in [1.807, 2.05) is 6.92 Å². The summed E-state index contributed by atoms with van der Waals surface area (Å²) in [5.41, 5.74) is -0.0990. The molecular formula is C11H19BrO2. The minimum Gasteiger partial charge on any atom is -0.466 e. The van der Waals surface area contributed by atoms with Gasteiger partial charge in [-0.3, -0.25) is 4.79 Å². The highest BCUT2D eigenvalue weighted by molar-refractivity contribution is 9.09. The van der Waals surface area contributed by atoms with Crippen LogP contribution in [0.1, 0.15) is 45.4 Å². The Morgan fingerprint density at radius 1 is 1.43 bits per heavy atom. The molecule has 2 nitrogen and oxygen atoms in total. The van der Waals surface area contributed by atoms with Gasteiger partial charge in [0, 0.05) is 5.33 Å². The summed E-state index contributed by atoms with van der Waals surface area (Å²) < 4.78 is 5.13. The van der Waals surface area contributed by atoms with Gasteiger partial charge in [-0.2, -0.15) is 0 Å². The molecule has 0 atom stereocenters. The van der Waals surface area contributed by atoms with E-state index in [0.717, 1.165) is 37.4 Å². The van der Waals surface area contributed by atoms with Gasteiger partial charge in [0.15, 0.2) is 0 Å². The number of hydrogen-bond donors (Lipinski definition) is 0. The van der Waals surface area contributed by atoms with E-state index in [2.05, 4.69) is 15.9 Å². The number of alkyl halides is 1. The number of ether oxygens (including phenoxy) is 1. The summed E-state index contributed by atoms with van der Waals surface area (Å²) >= 11 is 3.41. The average Bonchev–Trinajstić information content (AvgIpc) is 2.10. The van der Waals surface area contributed by atoms with Crippen LogP contribution in [0.4, 0.5) is 0 Å². The first kappa shape index (κ1) is 12.0. The van der Waals surface area contributed by atoms with E-state index in [9.17, 15) is 4.79 Å². The largest absolute Gasteiger partial charge is 0.466 e. The first-order valence-electron chi connectivity index (χ1n) is 5.48. The second-order valence-electron chi connectivity index (χ2n) is 4.00. The molecule has 0 unspecified atom stereocenters. The monoisotopic (exact) mass is 262 g/mol. The Bertz CT molecular complexity index is 188. The number of hydrogen-bond acceptors (Lipinski definition) is 2. The smallest absolute Gasteiger partial charge is 0.312 e. The molecule has 3 heteroatoms. The Kier molecular flexibility index (Phi) is 4.93. The van der Waals surface area contributed by atoms with Crippen molar-refractivity contribution in [2.24, 2.45) is 5.41 Å². The van der Waals surface area contributed by atoms with Crippen molar-refractivity contribution in [1.82, 2.24) is 0 Å². The van der Waals surface area contributed by atoms with E-state index in [-0.39, 0.29) is 11.4 Å². The number of carbonyl (C=O) groups excluding carboxylic acids is 1. The minimum absolute atomic E-state index is 0.0424. The Morgan fingerprint density at radius 2 is 2.14 bits per heavy atom. The fraction of sp³-hybridized carbons (Fsp3) is 0.909. The van der Waals surface area contributed by atoms with Crippen LogP contribution in [-0.2, 0) is 9.53 Å². The molecule has 14 heavy (non-hydrogen) atoms. The van der Waals surface area contributed by atoms with Gasteiger partial charge in [0.05, 0.1) is 12.0 Å². The fourth-order valence-electron chi connectivity index (χ4n) is 2.00. The van der Waals surface area contributed by atoms with E-state index >= 15 is 0 Å². The van der Waals surface area contributed by atoms with Crippen LogP contribution in [0.25, 0.3) is 0 Å². The topological polar surface area (TPSA) is 26.3 Å². The maximum atomic E-state index is 11.7. The maximum absolute atomic E-state index is 11.7.